The third kappa shape index (κ3) is 3.00. The molecular weight excluding hydrogens is 258 g/mol. The van der Waals surface area contributed by atoms with E-state index in [1.54, 1.807) is 0 Å². The average molecular weight is 287 g/mol. The quantitative estimate of drug-likeness (QED) is 0.922. The smallest absolute Gasteiger partial charge is 0.0547 e. The molecule has 0 aromatic carbocycles. The van der Waals surface area contributed by atoms with Gasteiger partial charge in [-0.1, -0.05) is 13.0 Å². The highest BCUT2D eigenvalue weighted by Gasteiger charge is 2.48. The lowest BCUT2D eigenvalue weighted by molar-refractivity contribution is 0.00338. The number of aromatic nitrogens is 1. The second kappa shape index (κ2) is 5.36. The molecule has 0 bridgehead atoms. The first-order valence-electron chi connectivity index (χ1n) is 8.38. The van der Waals surface area contributed by atoms with Crippen LogP contribution in [0.3, 0.4) is 0 Å². The summed E-state index contributed by atoms with van der Waals surface area (Å²) < 4.78 is 0. The molecule has 2 atom stereocenters. The number of rotatable bonds is 4. The van der Waals surface area contributed by atoms with E-state index in [0.29, 0.717) is 5.54 Å². The van der Waals surface area contributed by atoms with Crippen LogP contribution in [0.4, 0.5) is 0 Å². The van der Waals surface area contributed by atoms with Crippen LogP contribution >= 0.6 is 0 Å². The van der Waals surface area contributed by atoms with E-state index in [1.165, 1.54) is 25.0 Å². The molecule has 2 heterocycles. The Kier molecular flexibility index (Phi) is 3.83. The van der Waals surface area contributed by atoms with Gasteiger partial charge in [-0.05, 0) is 58.1 Å². The summed E-state index contributed by atoms with van der Waals surface area (Å²) in [7, 11) is 0. The first kappa shape index (κ1) is 15.0. The van der Waals surface area contributed by atoms with Crippen LogP contribution < -0.4 is 5.32 Å². The number of aryl methyl sites for hydroxylation is 1. The van der Waals surface area contributed by atoms with Crippen LogP contribution in [-0.2, 0) is 6.54 Å². The van der Waals surface area contributed by atoms with Gasteiger partial charge < -0.3 is 5.32 Å². The molecule has 0 radical (unpaired) electrons. The van der Waals surface area contributed by atoms with E-state index in [0.717, 1.165) is 31.2 Å². The van der Waals surface area contributed by atoms with Crippen LogP contribution in [-0.4, -0.2) is 34.1 Å². The lowest BCUT2D eigenvalue weighted by atomic mass is 9.84. The summed E-state index contributed by atoms with van der Waals surface area (Å²) in [6.07, 6.45) is 3.96. The maximum absolute atomic E-state index is 4.71. The largest absolute Gasteiger partial charge is 0.308 e. The fourth-order valence-corrected chi connectivity index (χ4v) is 3.62. The van der Waals surface area contributed by atoms with Crippen molar-refractivity contribution in [1.29, 1.82) is 0 Å². The number of hydrogen-bond acceptors (Lipinski definition) is 3. The maximum atomic E-state index is 4.71. The molecule has 1 aliphatic carbocycles. The third-order valence-electron chi connectivity index (χ3n) is 5.69. The molecule has 1 aromatic rings. The van der Waals surface area contributed by atoms with Crippen LogP contribution in [0.2, 0.25) is 0 Å². The minimum absolute atomic E-state index is 0.236. The molecule has 3 rings (SSSR count). The van der Waals surface area contributed by atoms with E-state index in [9.17, 15) is 0 Å². The summed E-state index contributed by atoms with van der Waals surface area (Å²) in [6, 6.07) is 6.37. The molecule has 1 saturated heterocycles. The topological polar surface area (TPSA) is 28.2 Å². The zero-order valence-electron chi connectivity index (χ0n) is 13.9. The van der Waals surface area contributed by atoms with Crippen LogP contribution in [0.5, 0.6) is 0 Å². The van der Waals surface area contributed by atoms with Crippen molar-refractivity contribution in [1.82, 2.24) is 15.2 Å². The van der Waals surface area contributed by atoms with Crippen molar-refractivity contribution in [3.05, 3.63) is 29.6 Å². The number of nitrogens with one attached hydrogen (secondary N) is 1. The fraction of sp³-hybridized carbons (Fsp3) is 0.722. The van der Waals surface area contributed by atoms with Crippen LogP contribution in [0.15, 0.2) is 18.2 Å². The van der Waals surface area contributed by atoms with Crippen LogP contribution in [0, 0.1) is 12.8 Å². The molecule has 1 saturated carbocycles. The molecule has 116 valence electrons. The molecule has 2 fully saturated rings. The first-order valence-corrected chi connectivity index (χ1v) is 8.38. The summed E-state index contributed by atoms with van der Waals surface area (Å²) in [6.45, 7) is 12.4. The standard InChI is InChI=1S/C18H29N3/c1-5-17(3)12-19-18(4,15-9-10-15)13-21(17)11-16-8-6-7-14(2)20-16/h6-8,15,19H,5,9-13H2,1-4H3. The molecule has 2 unspecified atom stereocenters. The summed E-state index contributed by atoms with van der Waals surface area (Å²) >= 11 is 0. The summed E-state index contributed by atoms with van der Waals surface area (Å²) in [5, 5.41) is 3.86. The van der Waals surface area contributed by atoms with Crippen molar-refractivity contribution >= 4 is 0 Å². The predicted octanol–water partition coefficient (Wildman–Crippen LogP) is 3.13. The Morgan fingerprint density at radius 1 is 1.33 bits per heavy atom. The molecule has 0 amide bonds. The van der Waals surface area contributed by atoms with E-state index >= 15 is 0 Å². The fourth-order valence-electron chi connectivity index (χ4n) is 3.62. The van der Waals surface area contributed by atoms with E-state index in [1.807, 2.05) is 0 Å². The van der Waals surface area contributed by atoms with E-state index in [4.69, 9.17) is 4.98 Å². The van der Waals surface area contributed by atoms with Crippen LogP contribution in [0.1, 0.15) is 51.4 Å². The lowest BCUT2D eigenvalue weighted by Gasteiger charge is -2.52. The molecular formula is C18H29N3. The number of piperazine rings is 1. The van der Waals surface area contributed by atoms with Gasteiger partial charge in [0.05, 0.1) is 5.69 Å². The van der Waals surface area contributed by atoms with Gasteiger partial charge in [0, 0.05) is 36.4 Å². The molecule has 2 aliphatic rings. The van der Waals surface area contributed by atoms with Gasteiger partial charge in [0.2, 0.25) is 0 Å². The summed E-state index contributed by atoms with van der Waals surface area (Å²) in [4.78, 5) is 7.38. The minimum atomic E-state index is 0.236. The Bertz CT molecular complexity index is 511. The summed E-state index contributed by atoms with van der Waals surface area (Å²) in [5.74, 6) is 0.867. The zero-order chi connectivity index (χ0) is 15.1. The van der Waals surface area contributed by atoms with Crippen molar-refractivity contribution in [2.75, 3.05) is 13.1 Å². The predicted molar refractivity (Wildman–Crippen MR) is 87.2 cm³/mol. The SMILES string of the molecule is CCC1(C)CNC(C)(C2CC2)CN1Cc1cccc(C)n1. The van der Waals surface area contributed by atoms with Gasteiger partial charge in [-0.3, -0.25) is 9.88 Å². The van der Waals surface area contributed by atoms with Crippen molar-refractivity contribution in [2.45, 2.75) is 64.6 Å². The molecule has 21 heavy (non-hydrogen) atoms. The number of hydrogen-bond donors (Lipinski definition) is 1. The van der Waals surface area contributed by atoms with Gasteiger partial charge in [0.25, 0.3) is 0 Å². The first-order chi connectivity index (χ1) is 9.95. The second-order valence-corrected chi connectivity index (χ2v) is 7.52. The van der Waals surface area contributed by atoms with Crippen molar-refractivity contribution < 1.29 is 0 Å². The highest BCUT2D eigenvalue weighted by atomic mass is 15.3. The van der Waals surface area contributed by atoms with Gasteiger partial charge in [0.1, 0.15) is 0 Å². The van der Waals surface area contributed by atoms with E-state index < -0.39 is 0 Å². The van der Waals surface area contributed by atoms with E-state index in [2.05, 4.69) is 56.1 Å². The Morgan fingerprint density at radius 3 is 2.71 bits per heavy atom. The minimum Gasteiger partial charge on any atom is -0.308 e. The van der Waals surface area contributed by atoms with Gasteiger partial charge in [-0.15, -0.1) is 0 Å². The highest BCUT2D eigenvalue weighted by Crippen LogP contribution is 2.43. The number of pyridine rings is 1. The molecule has 3 heteroatoms. The Labute approximate surface area is 129 Å². The van der Waals surface area contributed by atoms with Gasteiger partial charge in [-0.25, -0.2) is 0 Å². The van der Waals surface area contributed by atoms with Crippen molar-refractivity contribution in [3.8, 4) is 0 Å². The van der Waals surface area contributed by atoms with Crippen molar-refractivity contribution in [3.63, 3.8) is 0 Å². The lowest BCUT2D eigenvalue weighted by Crippen LogP contribution is -2.68. The Morgan fingerprint density at radius 2 is 2.10 bits per heavy atom. The van der Waals surface area contributed by atoms with Crippen molar-refractivity contribution in [2.24, 2.45) is 5.92 Å². The Balaban J connectivity index is 1.80. The monoisotopic (exact) mass is 287 g/mol. The third-order valence-corrected chi connectivity index (χ3v) is 5.69. The molecule has 0 spiro atoms. The molecule has 1 aromatic heterocycles. The highest BCUT2D eigenvalue weighted by molar-refractivity contribution is 5.13. The Hall–Kier alpha value is -0.930. The van der Waals surface area contributed by atoms with Gasteiger partial charge >= 0.3 is 0 Å². The molecule has 3 nitrogen and oxygen atoms in total. The average Bonchev–Trinajstić information content (AvgIpc) is 3.28. The van der Waals surface area contributed by atoms with E-state index in [-0.39, 0.29) is 5.54 Å². The zero-order valence-corrected chi connectivity index (χ0v) is 13.9. The molecule has 1 aliphatic heterocycles. The molecule has 1 N–H and O–H groups in total. The van der Waals surface area contributed by atoms with Gasteiger partial charge in [0.15, 0.2) is 0 Å². The maximum Gasteiger partial charge on any atom is 0.0547 e. The van der Waals surface area contributed by atoms with Gasteiger partial charge in [-0.2, -0.15) is 0 Å². The summed E-state index contributed by atoms with van der Waals surface area (Å²) in [5.41, 5.74) is 2.85. The normalized spacial score (nSPS) is 34.1. The second-order valence-electron chi connectivity index (χ2n) is 7.52. The number of nitrogens with zero attached hydrogens (tertiary/aromatic N) is 2. The van der Waals surface area contributed by atoms with Crippen LogP contribution in [0.25, 0.3) is 0 Å².